The highest BCUT2D eigenvalue weighted by molar-refractivity contribution is 7.86. The van der Waals surface area contributed by atoms with Gasteiger partial charge in [0.2, 0.25) is 0 Å². The normalized spacial score (nSPS) is 22.9. The SMILES string of the molecule is CCN(CC(F)(F)F)S(=O)(=O)N1CCCCC1CN. The summed E-state index contributed by atoms with van der Waals surface area (Å²) in [7, 11) is -4.10. The molecule has 1 aliphatic heterocycles. The second-order valence-electron chi connectivity index (χ2n) is 4.55. The number of hydrogen-bond acceptors (Lipinski definition) is 3. The fraction of sp³-hybridized carbons (Fsp3) is 1.00. The first-order valence-corrected chi connectivity index (χ1v) is 7.65. The predicted octanol–water partition coefficient (Wildman–Crippen LogP) is 0.929. The number of alkyl halides is 3. The topological polar surface area (TPSA) is 66.6 Å². The first-order valence-electron chi connectivity index (χ1n) is 6.26. The number of rotatable bonds is 5. The van der Waals surface area contributed by atoms with Crippen LogP contribution in [0.1, 0.15) is 26.2 Å². The average molecular weight is 303 g/mol. The van der Waals surface area contributed by atoms with E-state index in [2.05, 4.69) is 0 Å². The smallest absolute Gasteiger partial charge is 0.329 e. The van der Waals surface area contributed by atoms with Crippen LogP contribution in [0.2, 0.25) is 0 Å². The minimum absolute atomic E-state index is 0.128. The van der Waals surface area contributed by atoms with Gasteiger partial charge >= 0.3 is 6.18 Å². The van der Waals surface area contributed by atoms with Crippen LogP contribution in [0.15, 0.2) is 0 Å². The molecule has 0 saturated carbocycles. The molecule has 0 aromatic rings. The number of nitrogens with zero attached hydrogens (tertiary/aromatic N) is 2. The van der Waals surface area contributed by atoms with Crippen molar-refractivity contribution in [1.29, 1.82) is 0 Å². The lowest BCUT2D eigenvalue weighted by molar-refractivity contribution is -0.136. The van der Waals surface area contributed by atoms with Crippen molar-refractivity contribution in [3.63, 3.8) is 0 Å². The standard InChI is InChI=1S/C10H20F3N3O2S/c1-2-15(8-10(11,12)13)19(17,18)16-6-4-3-5-9(16)7-14/h9H,2-8,14H2,1H3. The predicted molar refractivity (Wildman–Crippen MR) is 65.6 cm³/mol. The van der Waals surface area contributed by atoms with Crippen molar-refractivity contribution < 1.29 is 21.6 Å². The Kier molecular flexibility index (Phi) is 5.60. The number of hydrogen-bond donors (Lipinski definition) is 1. The molecule has 1 atom stereocenters. The molecule has 0 aromatic heterocycles. The van der Waals surface area contributed by atoms with Crippen molar-refractivity contribution in [2.45, 2.75) is 38.4 Å². The zero-order valence-corrected chi connectivity index (χ0v) is 11.7. The summed E-state index contributed by atoms with van der Waals surface area (Å²) in [5.74, 6) is 0. The molecule has 5 nitrogen and oxygen atoms in total. The fourth-order valence-electron chi connectivity index (χ4n) is 2.22. The van der Waals surface area contributed by atoms with E-state index in [0.29, 0.717) is 17.1 Å². The highest BCUT2D eigenvalue weighted by atomic mass is 32.2. The molecule has 0 aliphatic carbocycles. The summed E-state index contributed by atoms with van der Waals surface area (Å²) in [5, 5.41) is 0. The molecule has 19 heavy (non-hydrogen) atoms. The Labute approximate surface area is 111 Å². The molecule has 0 amide bonds. The molecular formula is C10H20F3N3O2S. The lowest BCUT2D eigenvalue weighted by Crippen LogP contribution is -2.54. The maximum Gasteiger partial charge on any atom is 0.402 e. The summed E-state index contributed by atoms with van der Waals surface area (Å²) in [6, 6.07) is -0.402. The van der Waals surface area contributed by atoms with E-state index in [9.17, 15) is 21.6 Å². The Morgan fingerprint density at radius 3 is 2.47 bits per heavy atom. The molecule has 0 spiro atoms. The Morgan fingerprint density at radius 1 is 1.37 bits per heavy atom. The molecule has 1 aliphatic rings. The number of nitrogens with two attached hydrogens (primary N) is 1. The molecule has 9 heteroatoms. The van der Waals surface area contributed by atoms with Gasteiger partial charge in [0.1, 0.15) is 6.54 Å². The van der Waals surface area contributed by atoms with Gasteiger partial charge in [-0.25, -0.2) is 0 Å². The van der Waals surface area contributed by atoms with Gasteiger partial charge in [-0.2, -0.15) is 30.2 Å². The molecular weight excluding hydrogens is 283 g/mol. The van der Waals surface area contributed by atoms with Gasteiger partial charge in [-0.15, -0.1) is 0 Å². The summed E-state index contributed by atoms with van der Waals surface area (Å²) >= 11 is 0. The lowest BCUT2D eigenvalue weighted by Gasteiger charge is -2.37. The molecule has 0 aromatic carbocycles. The number of piperidine rings is 1. The highest BCUT2D eigenvalue weighted by Gasteiger charge is 2.40. The quantitative estimate of drug-likeness (QED) is 0.821. The lowest BCUT2D eigenvalue weighted by atomic mass is 10.1. The first-order chi connectivity index (χ1) is 8.72. The largest absolute Gasteiger partial charge is 0.402 e. The Morgan fingerprint density at radius 2 is 2.00 bits per heavy atom. The van der Waals surface area contributed by atoms with Crippen molar-refractivity contribution in [1.82, 2.24) is 8.61 Å². The minimum atomic E-state index is -4.54. The molecule has 1 rings (SSSR count). The monoisotopic (exact) mass is 303 g/mol. The highest BCUT2D eigenvalue weighted by Crippen LogP contribution is 2.25. The van der Waals surface area contributed by atoms with Gasteiger partial charge in [-0.1, -0.05) is 13.3 Å². The first kappa shape index (κ1) is 16.7. The van der Waals surface area contributed by atoms with Crippen LogP contribution < -0.4 is 5.73 Å². The van der Waals surface area contributed by atoms with Gasteiger partial charge in [0.25, 0.3) is 10.2 Å². The summed E-state index contributed by atoms with van der Waals surface area (Å²) < 4.78 is 63.4. The maximum absolute atomic E-state index is 12.4. The van der Waals surface area contributed by atoms with E-state index >= 15 is 0 Å². The van der Waals surface area contributed by atoms with Crippen LogP contribution in [-0.4, -0.2) is 55.4 Å². The van der Waals surface area contributed by atoms with E-state index in [-0.39, 0.29) is 19.6 Å². The van der Waals surface area contributed by atoms with E-state index < -0.39 is 29.0 Å². The van der Waals surface area contributed by atoms with Crippen LogP contribution in [-0.2, 0) is 10.2 Å². The third-order valence-electron chi connectivity index (χ3n) is 3.18. The molecule has 0 radical (unpaired) electrons. The molecule has 114 valence electrons. The third kappa shape index (κ3) is 4.30. The second kappa shape index (κ2) is 6.38. The van der Waals surface area contributed by atoms with Gasteiger partial charge in [0.05, 0.1) is 0 Å². The van der Waals surface area contributed by atoms with E-state index in [1.165, 1.54) is 6.92 Å². The summed E-state index contributed by atoms with van der Waals surface area (Å²) in [4.78, 5) is 0. The van der Waals surface area contributed by atoms with Gasteiger partial charge in [-0.05, 0) is 12.8 Å². The molecule has 1 saturated heterocycles. The van der Waals surface area contributed by atoms with Crippen molar-refractivity contribution in [2.75, 3.05) is 26.2 Å². The molecule has 1 heterocycles. The minimum Gasteiger partial charge on any atom is -0.329 e. The number of halogens is 3. The van der Waals surface area contributed by atoms with E-state index in [1.807, 2.05) is 0 Å². The Balaban J connectivity index is 2.92. The summed E-state index contributed by atoms with van der Waals surface area (Å²) in [5.41, 5.74) is 5.51. The van der Waals surface area contributed by atoms with Crippen molar-refractivity contribution in [3.8, 4) is 0 Å². The van der Waals surface area contributed by atoms with Crippen LogP contribution in [0.5, 0.6) is 0 Å². The average Bonchev–Trinajstić information content (AvgIpc) is 2.34. The molecule has 1 unspecified atom stereocenters. The van der Waals surface area contributed by atoms with E-state index in [0.717, 1.165) is 10.7 Å². The third-order valence-corrected chi connectivity index (χ3v) is 5.29. The van der Waals surface area contributed by atoms with Gasteiger partial charge in [0, 0.05) is 25.7 Å². The van der Waals surface area contributed by atoms with Crippen LogP contribution in [0.3, 0.4) is 0 Å². The molecule has 0 bridgehead atoms. The zero-order chi connectivity index (χ0) is 14.7. The van der Waals surface area contributed by atoms with Crippen LogP contribution in [0.25, 0.3) is 0 Å². The van der Waals surface area contributed by atoms with E-state index in [4.69, 9.17) is 5.73 Å². The van der Waals surface area contributed by atoms with Crippen LogP contribution in [0.4, 0.5) is 13.2 Å². The second-order valence-corrected chi connectivity index (χ2v) is 6.43. The Hall–Kier alpha value is -0.380. The molecule has 1 fully saturated rings. The zero-order valence-electron chi connectivity index (χ0n) is 10.9. The van der Waals surface area contributed by atoms with Crippen LogP contribution >= 0.6 is 0 Å². The van der Waals surface area contributed by atoms with E-state index in [1.54, 1.807) is 0 Å². The summed E-state index contributed by atoms with van der Waals surface area (Å²) in [6.07, 6.45) is -2.45. The fourth-order valence-corrected chi connectivity index (χ4v) is 4.08. The van der Waals surface area contributed by atoms with Crippen molar-refractivity contribution in [2.24, 2.45) is 5.73 Å². The van der Waals surface area contributed by atoms with Crippen molar-refractivity contribution >= 4 is 10.2 Å². The van der Waals surface area contributed by atoms with Gasteiger partial charge in [-0.3, -0.25) is 0 Å². The van der Waals surface area contributed by atoms with Gasteiger partial charge < -0.3 is 5.73 Å². The molecule has 2 N–H and O–H groups in total. The van der Waals surface area contributed by atoms with Crippen molar-refractivity contribution in [3.05, 3.63) is 0 Å². The summed E-state index contributed by atoms with van der Waals surface area (Å²) in [6.45, 7) is 0.0846. The Bertz CT molecular complexity index is 386. The van der Waals surface area contributed by atoms with Crippen LogP contribution in [0, 0.1) is 0 Å². The maximum atomic E-state index is 12.4. The van der Waals surface area contributed by atoms with Gasteiger partial charge in [0.15, 0.2) is 0 Å².